The van der Waals surface area contributed by atoms with Crippen molar-refractivity contribution in [3.05, 3.63) is 112 Å². The van der Waals surface area contributed by atoms with Gasteiger partial charge in [-0.25, -0.2) is 22.5 Å². The second kappa shape index (κ2) is 10.5. The van der Waals surface area contributed by atoms with Crippen LogP contribution in [0.4, 0.5) is 10.1 Å². The summed E-state index contributed by atoms with van der Waals surface area (Å²) in [6.07, 6.45) is 5.49. The molecular formula is C30H28ClFN4O3S. The van der Waals surface area contributed by atoms with E-state index in [9.17, 15) is 17.6 Å². The molecule has 0 radical (unpaired) electrons. The summed E-state index contributed by atoms with van der Waals surface area (Å²) < 4.78 is 44.8. The number of carbonyl (C=O) groups excluding carboxylic acids is 1. The summed E-state index contributed by atoms with van der Waals surface area (Å²) in [4.78, 5) is 20.2. The average Bonchev–Trinajstić information content (AvgIpc) is 3.50. The lowest BCUT2D eigenvalue weighted by atomic mass is 10.1. The smallest absolute Gasteiger partial charge is 0.241 e. The lowest BCUT2D eigenvalue weighted by Gasteiger charge is -2.25. The number of nitrogens with one attached hydrogen (secondary N) is 1. The van der Waals surface area contributed by atoms with Crippen molar-refractivity contribution in [1.29, 1.82) is 0 Å². The molecule has 40 heavy (non-hydrogen) atoms. The predicted molar refractivity (Wildman–Crippen MR) is 151 cm³/mol. The van der Waals surface area contributed by atoms with E-state index in [1.54, 1.807) is 29.3 Å². The molecule has 3 atom stereocenters. The molecule has 0 bridgehead atoms. The van der Waals surface area contributed by atoms with Gasteiger partial charge in [-0.15, -0.1) is 0 Å². The number of imidazole rings is 1. The molecular weight excluding hydrogens is 551 g/mol. The number of sulfonamides is 1. The van der Waals surface area contributed by atoms with Crippen molar-refractivity contribution < 1.29 is 17.6 Å². The van der Waals surface area contributed by atoms with Crippen molar-refractivity contribution in [2.45, 2.75) is 42.7 Å². The van der Waals surface area contributed by atoms with E-state index in [0.29, 0.717) is 23.6 Å². The van der Waals surface area contributed by atoms with Crippen molar-refractivity contribution >= 4 is 33.2 Å². The van der Waals surface area contributed by atoms with E-state index in [-0.39, 0.29) is 35.0 Å². The molecule has 0 spiro atoms. The molecule has 10 heteroatoms. The van der Waals surface area contributed by atoms with Gasteiger partial charge in [0.25, 0.3) is 0 Å². The quantitative estimate of drug-likeness (QED) is 0.299. The molecule has 1 saturated carbocycles. The molecule has 3 aromatic carbocycles. The van der Waals surface area contributed by atoms with Crippen LogP contribution in [-0.4, -0.2) is 23.9 Å². The molecule has 0 unspecified atom stereocenters. The molecule has 2 aliphatic carbocycles. The van der Waals surface area contributed by atoms with Gasteiger partial charge in [0.05, 0.1) is 11.4 Å². The van der Waals surface area contributed by atoms with Crippen LogP contribution >= 0.6 is 11.6 Å². The minimum absolute atomic E-state index is 0.0428. The summed E-state index contributed by atoms with van der Waals surface area (Å²) in [5.74, 6) is 0.0258. The molecule has 6 rings (SSSR count). The number of nitrogens with zero attached hydrogens (tertiary/aromatic N) is 3. The van der Waals surface area contributed by atoms with Gasteiger partial charge in [0.2, 0.25) is 15.9 Å². The number of amides is 1. The van der Waals surface area contributed by atoms with E-state index in [2.05, 4.69) is 9.71 Å². The molecule has 206 valence electrons. The molecule has 1 fully saturated rings. The van der Waals surface area contributed by atoms with Crippen LogP contribution in [0.1, 0.15) is 47.3 Å². The second-order valence-corrected chi connectivity index (χ2v) is 12.6. The van der Waals surface area contributed by atoms with Crippen molar-refractivity contribution in [3.8, 4) is 0 Å². The SMILES string of the molecule is Cn1ccnc1CN(C(=O)[C@H]1C[C@@H]1c1cccc(F)c1)c1ccc2c(c1)[C@H](NS(=O)(=O)c1cccc(Cl)c1)CC2. The third kappa shape index (κ3) is 5.29. The topological polar surface area (TPSA) is 84.3 Å². The highest BCUT2D eigenvalue weighted by Crippen LogP contribution is 2.49. The monoisotopic (exact) mass is 578 g/mol. The summed E-state index contributed by atoms with van der Waals surface area (Å²) in [6.45, 7) is 0.256. The maximum atomic E-state index is 13.9. The fraction of sp³-hybridized carbons (Fsp3) is 0.267. The third-order valence-electron chi connectivity index (χ3n) is 7.79. The first kappa shape index (κ1) is 26.7. The van der Waals surface area contributed by atoms with E-state index < -0.39 is 16.1 Å². The molecule has 7 nitrogen and oxygen atoms in total. The number of carbonyl (C=O) groups is 1. The van der Waals surface area contributed by atoms with Gasteiger partial charge < -0.3 is 9.47 Å². The van der Waals surface area contributed by atoms with Crippen LogP contribution < -0.4 is 9.62 Å². The van der Waals surface area contributed by atoms with E-state index in [1.807, 2.05) is 42.1 Å². The fourth-order valence-corrected chi connectivity index (χ4v) is 7.08. The van der Waals surface area contributed by atoms with Crippen molar-refractivity contribution in [2.24, 2.45) is 13.0 Å². The van der Waals surface area contributed by atoms with E-state index in [4.69, 9.17) is 11.6 Å². The first-order chi connectivity index (χ1) is 19.2. The van der Waals surface area contributed by atoms with E-state index >= 15 is 0 Å². The Balaban J connectivity index is 1.30. The Morgan fingerprint density at radius 1 is 1.15 bits per heavy atom. The Morgan fingerprint density at radius 3 is 2.73 bits per heavy atom. The first-order valence-corrected chi connectivity index (χ1v) is 15.0. The maximum Gasteiger partial charge on any atom is 0.241 e. The summed E-state index contributed by atoms with van der Waals surface area (Å²) in [6, 6.07) is 17.9. The Kier molecular flexibility index (Phi) is 6.98. The predicted octanol–water partition coefficient (Wildman–Crippen LogP) is 5.52. The summed E-state index contributed by atoms with van der Waals surface area (Å²) in [5.41, 5.74) is 3.37. The Morgan fingerprint density at radius 2 is 1.98 bits per heavy atom. The number of anilines is 1. The normalized spacial score (nSPS) is 19.8. The summed E-state index contributed by atoms with van der Waals surface area (Å²) >= 11 is 6.04. The molecule has 1 aromatic heterocycles. The maximum absolute atomic E-state index is 13.9. The van der Waals surface area contributed by atoms with Gasteiger partial charge in [-0.05, 0) is 84.3 Å². The van der Waals surface area contributed by atoms with E-state index in [1.165, 1.54) is 24.3 Å². The number of fused-ring (bicyclic) bond motifs is 1. The van der Waals surface area contributed by atoms with Gasteiger partial charge >= 0.3 is 0 Å². The Labute approximate surface area is 237 Å². The van der Waals surface area contributed by atoms with E-state index in [0.717, 1.165) is 28.9 Å². The number of aryl methyl sites for hydroxylation is 2. The minimum Gasteiger partial charge on any atom is -0.337 e. The van der Waals surface area contributed by atoms with Gasteiger partial charge in [-0.3, -0.25) is 4.79 Å². The number of aromatic nitrogens is 2. The zero-order valence-corrected chi connectivity index (χ0v) is 23.4. The van der Waals surface area contributed by atoms with Crippen LogP contribution in [0.25, 0.3) is 0 Å². The number of rotatable bonds is 8. The molecule has 4 aromatic rings. The summed E-state index contributed by atoms with van der Waals surface area (Å²) in [7, 11) is -1.93. The molecule has 1 amide bonds. The highest BCUT2D eigenvalue weighted by atomic mass is 35.5. The largest absolute Gasteiger partial charge is 0.337 e. The molecule has 2 aliphatic rings. The van der Waals surface area contributed by atoms with Gasteiger partial charge in [0.1, 0.15) is 11.6 Å². The Bertz CT molecular complexity index is 1710. The molecule has 0 aliphatic heterocycles. The number of hydrogen-bond acceptors (Lipinski definition) is 4. The van der Waals surface area contributed by atoms with Gasteiger partial charge in [0, 0.05) is 42.1 Å². The van der Waals surface area contributed by atoms with Crippen molar-refractivity contribution in [1.82, 2.24) is 14.3 Å². The van der Waals surface area contributed by atoms with Gasteiger partial charge in [-0.2, -0.15) is 0 Å². The number of halogens is 2. The van der Waals surface area contributed by atoms with Crippen molar-refractivity contribution in [2.75, 3.05) is 4.90 Å². The van der Waals surface area contributed by atoms with Crippen LogP contribution in [-0.2, 0) is 34.8 Å². The van der Waals surface area contributed by atoms with Crippen LogP contribution in [0.3, 0.4) is 0 Å². The zero-order valence-electron chi connectivity index (χ0n) is 21.8. The lowest BCUT2D eigenvalue weighted by Crippen LogP contribution is -2.33. The second-order valence-electron chi connectivity index (χ2n) is 10.4. The van der Waals surface area contributed by atoms with Crippen molar-refractivity contribution in [3.63, 3.8) is 0 Å². The first-order valence-electron chi connectivity index (χ1n) is 13.1. The lowest BCUT2D eigenvalue weighted by molar-refractivity contribution is -0.120. The van der Waals surface area contributed by atoms with Crippen LogP contribution in [0.15, 0.2) is 84.0 Å². The van der Waals surface area contributed by atoms with Gasteiger partial charge in [-0.1, -0.05) is 35.9 Å². The highest BCUT2D eigenvalue weighted by molar-refractivity contribution is 7.89. The standard InChI is InChI=1S/C30H28ClFN4O3S/c1-35-13-12-33-29(35)18-36(30(37)27-17-25(27)20-4-2-6-22(32)14-20)23-10-8-19-9-11-28(26(19)16-23)34-40(38,39)24-7-3-5-21(31)15-24/h2-8,10,12-16,25,27-28,34H,9,11,17-18H2,1H3/t25-,27+,28-/m1/s1. The highest BCUT2D eigenvalue weighted by Gasteiger charge is 2.46. The van der Waals surface area contributed by atoms with Gasteiger partial charge in [0.15, 0.2) is 0 Å². The number of benzene rings is 3. The molecule has 1 N–H and O–H groups in total. The van der Waals surface area contributed by atoms with Crippen LogP contribution in [0.2, 0.25) is 5.02 Å². The third-order valence-corrected chi connectivity index (χ3v) is 9.50. The van der Waals surface area contributed by atoms with Crippen LogP contribution in [0.5, 0.6) is 0 Å². The summed E-state index contributed by atoms with van der Waals surface area (Å²) in [5, 5.41) is 0.344. The minimum atomic E-state index is -3.81. The van der Waals surface area contributed by atoms with Crippen LogP contribution in [0, 0.1) is 11.7 Å². The zero-order chi connectivity index (χ0) is 28.0. The molecule has 1 heterocycles. The molecule has 0 saturated heterocycles. The number of hydrogen-bond donors (Lipinski definition) is 1. The average molecular weight is 579 g/mol. The fourth-order valence-electron chi connectivity index (χ4n) is 5.53. The Hall–Kier alpha value is -3.53.